The first kappa shape index (κ1) is 28.1. The molecular formula is C25H42O12. The van der Waals surface area contributed by atoms with Crippen LogP contribution < -0.4 is 0 Å². The molecule has 12 nitrogen and oxygen atoms in total. The number of rotatable bonds is 6. The minimum absolute atomic E-state index is 0.0334. The molecule has 214 valence electrons. The average molecular weight is 535 g/mol. The summed E-state index contributed by atoms with van der Waals surface area (Å²) in [5.74, 6) is -0.223. The van der Waals surface area contributed by atoms with E-state index in [4.69, 9.17) is 28.4 Å². The summed E-state index contributed by atoms with van der Waals surface area (Å²) in [5.41, 5.74) is 0. The second-order valence-electron chi connectivity index (χ2n) is 11.3. The summed E-state index contributed by atoms with van der Waals surface area (Å²) in [6.45, 7) is -0.0693. The lowest BCUT2D eigenvalue weighted by molar-refractivity contribution is -0.349. The van der Waals surface area contributed by atoms with E-state index >= 15 is 0 Å². The fraction of sp³-hybridized carbons (Fsp3) is 1.00. The normalized spacial score (nSPS) is 54.5. The predicted octanol–water partition coefficient (Wildman–Crippen LogP) is -2.08. The first-order valence-corrected chi connectivity index (χ1v) is 13.4. The van der Waals surface area contributed by atoms with Crippen molar-refractivity contribution in [3.8, 4) is 0 Å². The van der Waals surface area contributed by atoms with Crippen LogP contribution in [0.4, 0.5) is 0 Å². The molecule has 12 heteroatoms. The number of hydrogen-bond donors (Lipinski definition) is 6. The maximum absolute atomic E-state index is 10.7. The molecule has 0 radical (unpaired) electrons. The van der Waals surface area contributed by atoms with E-state index in [0.717, 1.165) is 0 Å². The first-order chi connectivity index (χ1) is 17.8. The van der Waals surface area contributed by atoms with E-state index in [1.165, 1.54) is 0 Å². The molecule has 2 saturated carbocycles. The number of ether oxygens (including phenoxy) is 6. The molecule has 3 aliphatic heterocycles. The van der Waals surface area contributed by atoms with Crippen molar-refractivity contribution in [2.24, 2.45) is 17.8 Å². The van der Waals surface area contributed by atoms with Gasteiger partial charge in [-0.1, -0.05) is 0 Å². The Balaban J connectivity index is 1.45. The molecule has 0 bridgehead atoms. The third kappa shape index (κ3) is 5.21. The minimum Gasteiger partial charge on any atom is -0.394 e. The standard InChI is InChI=1S/C25H42O12/c1-32-15-5-10(6-16(33-2)19(15)28)23-24(37-25-22(31)21(30)20(29)17(9-26)36-25)12-3-4-34-13-7-11(27)8-14(35-23)18(12)13/h10-31H,3-9H2,1-2H3/t10?,11?,12?,13?,14?,15?,16?,17-,18?,19?,20-,21+,22-,23?,24?,25+/m1/s1. The van der Waals surface area contributed by atoms with Gasteiger partial charge in [-0.05, 0) is 43.9 Å². The number of methoxy groups -OCH3 is 2. The Hall–Kier alpha value is -0.480. The van der Waals surface area contributed by atoms with Crippen molar-refractivity contribution >= 4 is 0 Å². The van der Waals surface area contributed by atoms with E-state index in [-0.39, 0.29) is 30.0 Å². The minimum atomic E-state index is -1.56. The highest BCUT2D eigenvalue weighted by Gasteiger charge is 2.58. The quantitative estimate of drug-likeness (QED) is 0.220. The zero-order chi connectivity index (χ0) is 26.4. The van der Waals surface area contributed by atoms with Crippen LogP contribution in [0.1, 0.15) is 32.1 Å². The SMILES string of the molecule is COC1CC(C2OC3CC(O)CC4OCCC(C2O[C@@H]2O[C@H](CO)[C@@H](O)[C@H](O)[C@H]2O)C43)CC(OC)C1O. The van der Waals surface area contributed by atoms with Gasteiger partial charge in [-0.2, -0.15) is 0 Å². The van der Waals surface area contributed by atoms with Crippen LogP contribution in [0.15, 0.2) is 0 Å². The summed E-state index contributed by atoms with van der Waals surface area (Å²) in [6.07, 6.45) is -8.17. The third-order valence-electron chi connectivity index (χ3n) is 9.26. The maximum Gasteiger partial charge on any atom is 0.187 e. The summed E-state index contributed by atoms with van der Waals surface area (Å²) in [7, 11) is 3.09. The smallest absolute Gasteiger partial charge is 0.187 e. The lowest BCUT2D eigenvalue weighted by atomic mass is 9.65. The van der Waals surface area contributed by atoms with Gasteiger partial charge in [-0.25, -0.2) is 0 Å². The molecule has 0 aromatic rings. The van der Waals surface area contributed by atoms with Gasteiger partial charge in [0.2, 0.25) is 0 Å². The van der Waals surface area contributed by atoms with Crippen LogP contribution in [0.3, 0.4) is 0 Å². The summed E-state index contributed by atoms with van der Waals surface area (Å²) in [4.78, 5) is 0. The Morgan fingerprint density at radius 1 is 0.784 bits per heavy atom. The molecule has 0 spiro atoms. The van der Waals surface area contributed by atoms with E-state index in [1.807, 2.05) is 0 Å². The molecule has 5 fully saturated rings. The molecule has 3 saturated heterocycles. The highest BCUT2D eigenvalue weighted by atomic mass is 16.7. The van der Waals surface area contributed by atoms with Crippen molar-refractivity contribution in [3.05, 3.63) is 0 Å². The van der Waals surface area contributed by atoms with Gasteiger partial charge in [0.25, 0.3) is 0 Å². The molecule has 0 aromatic heterocycles. The summed E-state index contributed by atoms with van der Waals surface area (Å²) in [5, 5.41) is 62.2. The molecule has 37 heavy (non-hydrogen) atoms. The van der Waals surface area contributed by atoms with Crippen molar-refractivity contribution in [2.45, 2.75) is 112 Å². The van der Waals surface area contributed by atoms with Gasteiger partial charge in [0.05, 0.1) is 49.3 Å². The van der Waals surface area contributed by atoms with Crippen LogP contribution in [0, 0.1) is 17.8 Å². The zero-order valence-electron chi connectivity index (χ0n) is 21.3. The third-order valence-corrected chi connectivity index (χ3v) is 9.26. The van der Waals surface area contributed by atoms with Gasteiger partial charge in [0.1, 0.15) is 30.5 Å². The van der Waals surface area contributed by atoms with Gasteiger partial charge < -0.3 is 59.1 Å². The van der Waals surface area contributed by atoms with Crippen LogP contribution in [-0.4, -0.2) is 138 Å². The van der Waals surface area contributed by atoms with Crippen LogP contribution >= 0.6 is 0 Å². The summed E-state index contributed by atoms with van der Waals surface area (Å²) < 4.78 is 36.0. The van der Waals surface area contributed by atoms with E-state index in [0.29, 0.717) is 38.7 Å². The molecule has 5 aliphatic rings. The molecule has 5 rings (SSSR count). The van der Waals surface area contributed by atoms with Crippen molar-refractivity contribution < 1.29 is 59.1 Å². The Morgan fingerprint density at radius 3 is 2.11 bits per heavy atom. The second-order valence-corrected chi connectivity index (χ2v) is 11.3. The Labute approximate surface area is 216 Å². The van der Waals surface area contributed by atoms with Gasteiger partial charge in [-0.3, -0.25) is 0 Å². The van der Waals surface area contributed by atoms with Crippen molar-refractivity contribution in [1.82, 2.24) is 0 Å². The highest BCUT2D eigenvalue weighted by molar-refractivity contribution is 5.05. The van der Waals surface area contributed by atoms with E-state index in [2.05, 4.69) is 0 Å². The molecule has 2 aliphatic carbocycles. The Morgan fingerprint density at radius 2 is 1.46 bits per heavy atom. The number of aliphatic hydroxyl groups is 6. The van der Waals surface area contributed by atoms with Gasteiger partial charge in [-0.15, -0.1) is 0 Å². The first-order valence-electron chi connectivity index (χ1n) is 13.4. The van der Waals surface area contributed by atoms with Crippen molar-refractivity contribution in [1.29, 1.82) is 0 Å². The molecule has 9 unspecified atom stereocenters. The highest BCUT2D eigenvalue weighted by Crippen LogP contribution is 2.50. The van der Waals surface area contributed by atoms with Gasteiger partial charge in [0.15, 0.2) is 6.29 Å². The number of hydrogen-bond acceptors (Lipinski definition) is 12. The fourth-order valence-corrected chi connectivity index (χ4v) is 7.36. The predicted molar refractivity (Wildman–Crippen MR) is 124 cm³/mol. The van der Waals surface area contributed by atoms with Crippen molar-refractivity contribution in [2.75, 3.05) is 27.4 Å². The molecule has 0 aromatic carbocycles. The molecular weight excluding hydrogens is 492 g/mol. The topological polar surface area (TPSA) is 177 Å². The monoisotopic (exact) mass is 534 g/mol. The number of aliphatic hydroxyl groups excluding tert-OH is 6. The van der Waals surface area contributed by atoms with E-state index < -0.39 is 73.9 Å². The Bertz CT molecular complexity index is 741. The average Bonchev–Trinajstić information content (AvgIpc) is 2.90. The van der Waals surface area contributed by atoms with Gasteiger partial charge >= 0.3 is 0 Å². The largest absolute Gasteiger partial charge is 0.394 e. The molecule has 0 amide bonds. The van der Waals surface area contributed by atoms with Gasteiger partial charge in [0, 0.05) is 26.7 Å². The van der Waals surface area contributed by atoms with E-state index in [9.17, 15) is 30.6 Å². The lowest BCUT2D eigenvalue weighted by Gasteiger charge is -2.57. The van der Waals surface area contributed by atoms with Crippen molar-refractivity contribution in [3.63, 3.8) is 0 Å². The molecule has 14 atom stereocenters. The summed E-state index contributed by atoms with van der Waals surface area (Å²) in [6, 6.07) is 0. The van der Waals surface area contributed by atoms with Crippen LogP contribution in [0.5, 0.6) is 0 Å². The van der Waals surface area contributed by atoms with E-state index in [1.54, 1.807) is 14.2 Å². The van der Waals surface area contributed by atoms with Crippen LogP contribution in [-0.2, 0) is 28.4 Å². The zero-order valence-corrected chi connectivity index (χ0v) is 21.3. The fourth-order valence-electron chi connectivity index (χ4n) is 7.36. The van der Waals surface area contributed by atoms with Crippen LogP contribution in [0.2, 0.25) is 0 Å². The summed E-state index contributed by atoms with van der Waals surface area (Å²) >= 11 is 0. The molecule has 3 heterocycles. The lowest BCUT2D eigenvalue weighted by Crippen LogP contribution is -2.66. The van der Waals surface area contributed by atoms with Crippen LogP contribution in [0.25, 0.3) is 0 Å². The maximum atomic E-state index is 10.7. The Kier molecular flexibility index (Phi) is 8.77. The second kappa shape index (κ2) is 11.6. The molecule has 6 N–H and O–H groups in total.